The van der Waals surface area contributed by atoms with Crippen LogP contribution in [0.4, 0.5) is 0 Å². The monoisotopic (exact) mass is 338 g/mol. The zero-order chi connectivity index (χ0) is 16.1. The molecule has 0 N–H and O–H groups in total. The fraction of sp³-hybridized carbons (Fsp3) is 0.333. The Morgan fingerprint density at radius 1 is 0.476 bits per heavy atom. The Morgan fingerprint density at radius 2 is 0.714 bits per heavy atom. The molecular formula is C18H26S3. The molecule has 0 aliphatic rings. The Morgan fingerprint density at radius 3 is 0.952 bits per heavy atom. The molecular weight excluding hydrogens is 312 g/mol. The summed E-state index contributed by atoms with van der Waals surface area (Å²) in [7, 11) is 0. The van der Waals surface area contributed by atoms with Gasteiger partial charge in [0.2, 0.25) is 0 Å². The van der Waals surface area contributed by atoms with Crippen LogP contribution in [0.5, 0.6) is 0 Å². The van der Waals surface area contributed by atoms with Gasteiger partial charge in [0.15, 0.2) is 0 Å². The van der Waals surface area contributed by atoms with Crippen LogP contribution in [0.3, 0.4) is 0 Å². The second-order valence-electron chi connectivity index (χ2n) is 3.45. The predicted octanol–water partition coefficient (Wildman–Crippen LogP) is 7.33. The third-order valence-electron chi connectivity index (χ3n) is 2.35. The highest BCUT2D eigenvalue weighted by Crippen LogP contribution is 2.30. The molecule has 0 atom stereocenters. The number of benzene rings is 2. The summed E-state index contributed by atoms with van der Waals surface area (Å²) in [6.45, 7) is 8.00. The third kappa shape index (κ3) is 7.89. The Labute approximate surface area is 143 Å². The van der Waals surface area contributed by atoms with Crippen molar-refractivity contribution in [3.8, 4) is 0 Å². The molecule has 0 nitrogen and oxygen atoms in total. The van der Waals surface area contributed by atoms with Gasteiger partial charge in [-0.2, -0.15) is 0 Å². The molecule has 0 radical (unpaired) electrons. The van der Waals surface area contributed by atoms with Crippen LogP contribution in [0.15, 0.2) is 68.1 Å². The minimum Gasteiger partial charge on any atom is -0.130 e. The maximum Gasteiger partial charge on any atom is 0.0123 e. The molecule has 0 saturated carbocycles. The van der Waals surface area contributed by atoms with Crippen LogP contribution in [0.1, 0.15) is 27.7 Å². The van der Waals surface area contributed by atoms with Crippen LogP contribution in [-0.4, -0.2) is 12.5 Å². The molecule has 0 heterocycles. The van der Waals surface area contributed by atoms with Gasteiger partial charge >= 0.3 is 0 Å². The first kappa shape index (κ1) is 20.5. The average Bonchev–Trinajstić information content (AvgIpc) is 2.60. The van der Waals surface area contributed by atoms with E-state index in [1.807, 2.05) is 39.5 Å². The summed E-state index contributed by atoms with van der Waals surface area (Å²) in [5, 5.41) is 0. The molecule has 2 aromatic carbocycles. The van der Waals surface area contributed by atoms with Crippen LogP contribution in [0.2, 0.25) is 0 Å². The highest BCUT2D eigenvalue weighted by molar-refractivity contribution is 7.99. The molecule has 21 heavy (non-hydrogen) atoms. The maximum absolute atomic E-state index is 2.18. The number of thioether (sulfide) groups is 2. The van der Waals surface area contributed by atoms with Gasteiger partial charge in [-0.05, 0) is 61.0 Å². The molecule has 0 amide bonds. The largest absolute Gasteiger partial charge is 0.130 e. The topological polar surface area (TPSA) is 0 Å². The number of rotatable bonds is 4. The van der Waals surface area contributed by atoms with Gasteiger partial charge in [-0.1, -0.05) is 39.5 Å². The SMILES string of the molecule is CC.CC.CSc1ccc(Sc2ccc(SC)cc2)cc1. The van der Waals surface area contributed by atoms with E-state index in [4.69, 9.17) is 0 Å². The standard InChI is InChI=1S/C14H14S3.2C2H6/c1-15-11-3-7-13(8-4-11)17-14-9-5-12(16-2)6-10-14;2*1-2/h3-10H,1-2H3;2*1-2H3. The highest BCUT2D eigenvalue weighted by atomic mass is 32.2. The summed E-state index contributed by atoms with van der Waals surface area (Å²) >= 11 is 5.36. The molecule has 0 aliphatic heterocycles. The van der Waals surface area contributed by atoms with Crippen LogP contribution in [0, 0.1) is 0 Å². The maximum atomic E-state index is 2.18. The average molecular weight is 339 g/mol. The molecule has 0 aliphatic carbocycles. The fourth-order valence-corrected chi connectivity index (χ4v) is 3.06. The van der Waals surface area contributed by atoms with E-state index in [0.29, 0.717) is 0 Å². The predicted molar refractivity (Wildman–Crippen MR) is 103 cm³/mol. The van der Waals surface area contributed by atoms with E-state index in [-0.39, 0.29) is 0 Å². The van der Waals surface area contributed by atoms with Crippen LogP contribution < -0.4 is 0 Å². The van der Waals surface area contributed by atoms with Crippen molar-refractivity contribution in [2.75, 3.05) is 12.5 Å². The normalized spacial score (nSPS) is 9.05. The van der Waals surface area contributed by atoms with Crippen molar-refractivity contribution in [3.05, 3.63) is 48.5 Å². The van der Waals surface area contributed by atoms with E-state index < -0.39 is 0 Å². The van der Waals surface area contributed by atoms with Gasteiger partial charge in [-0.15, -0.1) is 23.5 Å². The van der Waals surface area contributed by atoms with Gasteiger partial charge < -0.3 is 0 Å². The highest BCUT2D eigenvalue weighted by Gasteiger charge is 1.98. The van der Waals surface area contributed by atoms with Crippen LogP contribution in [0.25, 0.3) is 0 Å². The van der Waals surface area contributed by atoms with Crippen molar-refractivity contribution in [2.24, 2.45) is 0 Å². The van der Waals surface area contributed by atoms with Crippen molar-refractivity contribution in [1.29, 1.82) is 0 Å². The van der Waals surface area contributed by atoms with Crippen molar-refractivity contribution in [3.63, 3.8) is 0 Å². The first-order valence-electron chi connectivity index (χ1n) is 7.28. The Bertz CT molecular complexity index is 415. The zero-order valence-corrected chi connectivity index (χ0v) is 16.3. The second-order valence-corrected chi connectivity index (χ2v) is 6.36. The van der Waals surface area contributed by atoms with Crippen molar-refractivity contribution < 1.29 is 0 Å². The fourth-order valence-electron chi connectivity index (χ4n) is 1.42. The number of hydrogen-bond acceptors (Lipinski definition) is 3. The summed E-state index contributed by atoms with van der Waals surface area (Å²) in [5.74, 6) is 0. The molecule has 0 spiro atoms. The lowest BCUT2D eigenvalue weighted by Gasteiger charge is -2.03. The molecule has 2 aromatic rings. The summed E-state index contributed by atoms with van der Waals surface area (Å²) < 4.78 is 0. The molecule has 116 valence electrons. The van der Waals surface area contributed by atoms with Gasteiger partial charge in [0.05, 0.1) is 0 Å². The summed E-state index contributed by atoms with van der Waals surface area (Å²) in [4.78, 5) is 5.21. The zero-order valence-electron chi connectivity index (χ0n) is 13.8. The molecule has 0 unspecified atom stereocenters. The van der Waals surface area contributed by atoms with E-state index in [1.54, 1.807) is 23.5 Å². The lowest BCUT2D eigenvalue weighted by atomic mass is 10.4. The van der Waals surface area contributed by atoms with Crippen molar-refractivity contribution >= 4 is 35.3 Å². The Hall–Kier alpha value is -0.510. The second kappa shape index (κ2) is 13.2. The van der Waals surface area contributed by atoms with Gasteiger partial charge in [0, 0.05) is 19.6 Å². The minimum absolute atomic E-state index is 1.29. The first-order chi connectivity index (χ1) is 10.3. The van der Waals surface area contributed by atoms with Gasteiger partial charge in [-0.25, -0.2) is 0 Å². The molecule has 0 saturated heterocycles. The van der Waals surface area contributed by atoms with E-state index >= 15 is 0 Å². The Balaban J connectivity index is 0.000000921. The van der Waals surface area contributed by atoms with E-state index in [2.05, 4.69) is 61.0 Å². The summed E-state index contributed by atoms with van der Waals surface area (Å²) in [6.07, 6.45) is 4.20. The Kier molecular flexibility index (Phi) is 12.9. The smallest absolute Gasteiger partial charge is 0.0123 e. The summed E-state index contributed by atoms with van der Waals surface area (Å²) in [6, 6.07) is 17.4. The molecule has 0 bridgehead atoms. The molecule has 2 rings (SSSR count). The lowest BCUT2D eigenvalue weighted by Crippen LogP contribution is -1.75. The van der Waals surface area contributed by atoms with Crippen LogP contribution in [-0.2, 0) is 0 Å². The minimum atomic E-state index is 1.29. The van der Waals surface area contributed by atoms with Gasteiger partial charge in [0.25, 0.3) is 0 Å². The van der Waals surface area contributed by atoms with Crippen molar-refractivity contribution in [2.45, 2.75) is 47.3 Å². The van der Waals surface area contributed by atoms with Gasteiger partial charge in [0.1, 0.15) is 0 Å². The molecule has 0 aromatic heterocycles. The van der Waals surface area contributed by atoms with E-state index in [9.17, 15) is 0 Å². The lowest BCUT2D eigenvalue weighted by molar-refractivity contribution is 1.32. The quantitative estimate of drug-likeness (QED) is 0.535. The van der Waals surface area contributed by atoms with E-state index in [0.717, 1.165) is 0 Å². The first-order valence-corrected chi connectivity index (χ1v) is 10.5. The molecule has 3 heteroatoms. The van der Waals surface area contributed by atoms with E-state index in [1.165, 1.54) is 19.6 Å². The van der Waals surface area contributed by atoms with Crippen molar-refractivity contribution in [1.82, 2.24) is 0 Å². The molecule has 0 fully saturated rings. The number of hydrogen-bond donors (Lipinski definition) is 0. The van der Waals surface area contributed by atoms with Gasteiger partial charge in [-0.3, -0.25) is 0 Å². The summed E-state index contributed by atoms with van der Waals surface area (Å²) in [5.41, 5.74) is 0. The third-order valence-corrected chi connectivity index (χ3v) is 4.86. The van der Waals surface area contributed by atoms with Crippen LogP contribution >= 0.6 is 35.3 Å².